The molecule has 2 atom stereocenters. The Labute approximate surface area is 54.6 Å². The minimum absolute atomic E-state index is 0.0903. The summed E-state index contributed by atoms with van der Waals surface area (Å²) in [7, 11) is 0. The van der Waals surface area contributed by atoms with E-state index >= 15 is 0 Å². The van der Waals surface area contributed by atoms with E-state index in [1.807, 2.05) is 0 Å². The first-order valence-electron chi connectivity index (χ1n) is 3.57. The molecule has 2 unspecified atom stereocenters. The van der Waals surface area contributed by atoms with Crippen LogP contribution in [-0.4, -0.2) is 5.54 Å². The molecule has 2 fully saturated rings. The maximum Gasteiger partial charge on any atom is 0.109 e. The van der Waals surface area contributed by atoms with Gasteiger partial charge >= 0.3 is 0 Å². The van der Waals surface area contributed by atoms with Crippen molar-refractivity contribution in [3.05, 3.63) is 4.91 Å². The van der Waals surface area contributed by atoms with Gasteiger partial charge in [0.1, 0.15) is 5.54 Å². The van der Waals surface area contributed by atoms with E-state index in [0.717, 1.165) is 12.8 Å². The maximum absolute atomic E-state index is 10.3. The van der Waals surface area contributed by atoms with Crippen molar-refractivity contribution in [1.29, 1.82) is 0 Å². The quantitative estimate of drug-likeness (QED) is 0.493. The second-order valence-electron chi connectivity index (χ2n) is 3.71. The van der Waals surface area contributed by atoms with Crippen molar-refractivity contribution < 1.29 is 0 Å². The van der Waals surface area contributed by atoms with Gasteiger partial charge in [0.2, 0.25) is 0 Å². The lowest BCUT2D eigenvalue weighted by atomic mass is 10.1. The van der Waals surface area contributed by atoms with Crippen molar-refractivity contribution in [2.45, 2.75) is 38.1 Å². The zero-order valence-electron chi connectivity index (χ0n) is 5.68. The van der Waals surface area contributed by atoms with Crippen molar-refractivity contribution in [1.82, 2.24) is 0 Å². The fourth-order valence-electron chi connectivity index (χ4n) is 2.27. The van der Waals surface area contributed by atoms with E-state index in [9.17, 15) is 4.91 Å². The average Bonchev–Trinajstić information content (AvgIpc) is 2.29. The highest BCUT2D eigenvalue weighted by Crippen LogP contribution is 2.68. The molecule has 9 heavy (non-hydrogen) atoms. The molecular weight excluding hydrogens is 114 g/mol. The number of nitroso groups, excluding NO2 is 1. The molecule has 2 nitrogen and oxygen atoms in total. The third-order valence-electron chi connectivity index (χ3n) is 3.17. The Kier molecular flexibility index (Phi) is 0.719. The summed E-state index contributed by atoms with van der Waals surface area (Å²) in [6.45, 7) is 2.18. The van der Waals surface area contributed by atoms with Gasteiger partial charge in [0.15, 0.2) is 0 Å². The van der Waals surface area contributed by atoms with Gasteiger partial charge in [-0.25, -0.2) is 0 Å². The van der Waals surface area contributed by atoms with E-state index in [4.69, 9.17) is 0 Å². The van der Waals surface area contributed by atoms with E-state index in [0.29, 0.717) is 5.41 Å². The highest BCUT2D eigenvalue weighted by Gasteiger charge is 2.68. The van der Waals surface area contributed by atoms with Crippen LogP contribution in [0.3, 0.4) is 0 Å². The minimum atomic E-state index is -0.0903. The first kappa shape index (κ1) is 5.39. The number of hydrogen-bond donors (Lipinski definition) is 0. The van der Waals surface area contributed by atoms with Gasteiger partial charge in [-0.2, -0.15) is 4.91 Å². The summed E-state index contributed by atoms with van der Waals surface area (Å²) in [4.78, 5) is 10.3. The summed E-state index contributed by atoms with van der Waals surface area (Å²) >= 11 is 0. The van der Waals surface area contributed by atoms with E-state index in [-0.39, 0.29) is 5.54 Å². The topological polar surface area (TPSA) is 29.4 Å². The largest absolute Gasteiger partial charge is 0.150 e. The normalized spacial score (nSPS) is 54.8. The van der Waals surface area contributed by atoms with Crippen molar-refractivity contribution in [2.75, 3.05) is 0 Å². The second kappa shape index (κ2) is 1.20. The van der Waals surface area contributed by atoms with Crippen LogP contribution in [0.1, 0.15) is 32.6 Å². The van der Waals surface area contributed by atoms with Crippen molar-refractivity contribution >= 4 is 0 Å². The number of rotatable bonds is 1. The standard InChI is InChI=1S/C7H11NO/c1-6-3-2-4-7(6,5-6)8-9/h2-5H2,1H3. The molecule has 2 rings (SSSR count). The zero-order chi connectivity index (χ0) is 6.54. The average molecular weight is 125 g/mol. The highest BCUT2D eigenvalue weighted by molar-refractivity contribution is 5.22. The lowest BCUT2D eigenvalue weighted by Gasteiger charge is -2.01. The maximum atomic E-state index is 10.3. The number of hydrogen-bond acceptors (Lipinski definition) is 2. The monoisotopic (exact) mass is 125 g/mol. The number of fused-ring (bicyclic) bond motifs is 1. The minimum Gasteiger partial charge on any atom is -0.150 e. The van der Waals surface area contributed by atoms with Gasteiger partial charge in [0, 0.05) is 0 Å². The smallest absolute Gasteiger partial charge is 0.109 e. The van der Waals surface area contributed by atoms with E-state index in [1.165, 1.54) is 12.8 Å². The Morgan fingerprint density at radius 3 is 2.44 bits per heavy atom. The molecule has 0 radical (unpaired) electrons. The first-order chi connectivity index (χ1) is 4.22. The van der Waals surface area contributed by atoms with Crippen LogP contribution in [0, 0.1) is 10.3 Å². The summed E-state index contributed by atoms with van der Waals surface area (Å²) in [6.07, 6.45) is 4.54. The fraction of sp³-hybridized carbons (Fsp3) is 1.00. The molecule has 0 aliphatic heterocycles. The molecular formula is C7H11NO. The van der Waals surface area contributed by atoms with Gasteiger partial charge < -0.3 is 0 Å². The third kappa shape index (κ3) is 0.428. The molecule has 2 saturated carbocycles. The van der Waals surface area contributed by atoms with Crippen molar-refractivity contribution in [3.63, 3.8) is 0 Å². The molecule has 0 aromatic carbocycles. The molecule has 0 heterocycles. The van der Waals surface area contributed by atoms with Gasteiger partial charge in [-0.05, 0) is 24.7 Å². The van der Waals surface area contributed by atoms with Gasteiger partial charge in [0.25, 0.3) is 0 Å². The molecule has 0 aromatic rings. The summed E-state index contributed by atoms with van der Waals surface area (Å²) in [5, 5.41) is 3.22. The molecule has 0 spiro atoms. The van der Waals surface area contributed by atoms with Gasteiger partial charge in [-0.15, -0.1) is 0 Å². The van der Waals surface area contributed by atoms with Gasteiger partial charge in [-0.1, -0.05) is 18.5 Å². The Bertz CT molecular complexity index is 164. The molecule has 2 aliphatic rings. The third-order valence-corrected chi connectivity index (χ3v) is 3.17. The molecule has 0 aromatic heterocycles. The zero-order valence-corrected chi connectivity index (χ0v) is 5.68. The Hall–Kier alpha value is -0.400. The summed E-state index contributed by atoms with van der Waals surface area (Å²) in [6, 6.07) is 0. The van der Waals surface area contributed by atoms with Crippen LogP contribution < -0.4 is 0 Å². The lowest BCUT2D eigenvalue weighted by molar-refractivity contribution is 0.516. The Morgan fingerprint density at radius 2 is 2.22 bits per heavy atom. The predicted molar refractivity (Wildman–Crippen MR) is 35.1 cm³/mol. The molecule has 2 heteroatoms. The van der Waals surface area contributed by atoms with E-state index in [1.54, 1.807) is 0 Å². The molecule has 2 aliphatic carbocycles. The predicted octanol–water partition coefficient (Wildman–Crippen LogP) is 2.09. The van der Waals surface area contributed by atoms with Crippen LogP contribution in [0.25, 0.3) is 0 Å². The summed E-state index contributed by atoms with van der Waals surface area (Å²) in [5.74, 6) is 0. The molecule has 0 amide bonds. The van der Waals surface area contributed by atoms with E-state index < -0.39 is 0 Å². The molecule has 0 bridgehead atoms. The molecule has 0 saturated heterocycles. The lowest BCUT2D eigenvalue weighted by Crippen LogP contribution is -2.05. The van der Waals surface area contributed by atoms with E-state index in [2.05, 4.69) is 12.1 Å². The fourth-order valence-corrected chi connectivity index (χ4v) is 2.27. The number of nitrogens with zero attached hydrogens (tertiary/aromatic N) is 1. The molecule has 50 valence electrons. The van der Waals surface area contributed by atoms with Crippen LogP contribution in [0.4, 0.5) is 0 Å². The van der Waals surface area contributed by atoms with Gasteiger partial charge in [-0.3, -0.25) is 0 Å². The van der Waals surface area contributed by atoms with Crippen LogP contribution in [-0.2, 0) is 0 Å². The van der Waals surface area contributed by atoms with Crippen molar-refractivity contribution in [3.8, 4) is 0 Å². The Balaban J connectivity index is 2.28. The van der Waals surface area contributed by atoms with Crippen LogP contribution >= 0.6 is 0 Å². The van der Waals surface area contributed by atoms with Crippen molar-refractivity contribution in [2.24, 2.45) is 10.6 Å². The first-order valence-corrected chi connectivity index (χ1v) is 3.57. The summed E-state index contributed by atoms with van der Waals surface area (Å²) < 4.78 is 0. The van der Waals surface area contributed by atoms with Gasteiger partial charge in [0.05, 0.1) is 0 Å². The highest BCUT2D eigenvalue weighted by atomic mass is 16.3. The molecule has 0 N–H and O–H groups in total. The van der Waals surface area contributed by atoms with Crippen LogP contribution in [0.15, 0.2) is 5.18 Å². The SMILES string of the molecule is CC12CCCC1(N=O)C2. The van der Waals surface area contributed by atoms with Crippen LogP contribution in [0.2, 0.25) is 0 Å². The van der Waals surface area contributed by atoms with Crippen LogP contribution in [0.5, 0.6) is 0 Å². The second-order valence-corrected chi connectivity index (χ2v) is 3.71. The Morgan fingerprint density at radius 1 is 1.44 bits per heavy atom. The summed E-state index contributed by atoms with van der Waals surface area (Å²) in [5.41, 5.74) is 0.238.